The Labute approximate surface area is 145 Å². The highest BCUT2D eigenvalue weighted by Crippen LogP contribution is 2.34. The molecule has 0 bridgehead atoms. The summed E-state index contributed by atoms with van der Waals surface area (Å²) >= 11 is 0. The van der Waals surface area contributed by atoms with Gasteiger partial charge < -0.3 is 14.8 Å². The van der Waals surface area contributed by atoms with Gasteiger partial charge in [-0.15, -0.1) is 0 Å². The zero-order chi connectivity index (χ0) is 19.2. The molecule has 0 aliphatic carbocycles. The first-order valence-corrected chi connectivity index (χ1v) is 7.26. The predicted molar refractivity (Wildman–Crippen MR) is 82.9 cm³/mol. The molecule has 0 aliphatic heterocycles. The third-order valence-electron chi connectivity index (χ3n) is 3.04. The van der Waals surface area contributed by atoms with Gasteiger partial charge in [0.05, 0.1) is 11.3 Å². The van der Waals surface area contributed by atoms with Crippen LogP contribution in [-0.4, -0.2) is 25.1 Å². The van der Waals surface area contributed by atoms with E-state index in [9.17, 15) is 27.2 Å². The molecule has 1 amide bonds. The summed E-state index contributed by atoms with van der Waals surface area (Å²) in [6.45, 7) is -1.32. The van der Waals surface area contributed by atoms with Crippen molar-refractivity contribution in [2.75, 3.05) is 18.5 Å². The van der Waals surface area contributed by atoms with E-state index in [0.29, 0.717) is 0 Å². The maximum atomic E-state index is 12.8. The maximum Gasteiger partial charge on any atom is 0.418 e. The Hall–Kier alpha value is -3.10. The van der Waals surface area contributed by atoms with E-state index in [0.717, 1.165) is 24.3 Å². The summed E-state index contributed by atoms with van der Waals surface area (Å²) in [7, 11) is 0. The van der Waals surface area contributed by atoms with Crippen molar-refractivity contribution in [3.8, 4) is 5.75 Å². The molecule has 0 atom stereocenters. The molecule has 138 valence electrons. The number of carbonyl (C=O) groups is 2. The first-order chi connectivity index (χ1) is 12.3. The number of rotatable bonds is 6. The fourth-order valence-electron chi connectivity index (χ4n) is 1.89. The fourth-order valence-corrected chi connectivity index (χ4v) is 1.89. The molecule has 26 heavy (non-hydrogen) atoms. The molecule has 0 spiro atoms. The van der Waals surface area contributed by atoms with Crippen molar-refractivity contribution in [1.82, 2.24) is 0 Å². The van der Waals surface area contributed by atoms with E-state index in [-0.39, 0.29) is 5.75 Å². The molecule has 1 N–H and O–H groups in total. The van der Waals surface area contributed by atoms with Gasteiger partial charge in [0.2, 0.25) is 0 Å². The molecular weight excluding hydrogens is 358 g/mol. The van der Waals surface area contributed by atoms with Crippen molar-refractivity contribution < 1.29 is 36.6 Å². The van der Waals surface area contributed by atoms with E-state index < -0.39 is 48.3 Å². The lowest BCUT2D eigenvalue weighted by Gasteiger charge is -2.13. The van der Waals surface area contributed by atoms with E-state index in [1.807, 2.05) is 5.32 Å². The van der Waals surface area contributed by atoms with Crippen molar-refractivity contribution in [1.29, 1.82) is 0 Å². The monoisotopic (exact) mass is 371 g/mol. The summed E-state index contributed by atoms with van der Waals surface area (Å²) in [4.78, 5) is 23.2. The number of amides is 1. The van der Waals surface area contributed by atoms with Gasteiger partial charge in [0.25, 0.3) is 5.91 Å². The van der Waals surface area contributed by atoms with Crippen molar-refractivity contribution in [2.45, 2.75) is 6.18 Å². The third-order valence-corrected chi connectivity index (χ3v) is 3.04. The molecule has 0 aliphatic rings. The lowest BCUT2D eigenvalue weighted by Crippen LogP contribution is -2.24. The third kappa shape index (κ3) is 5.76. The molecule has 0 aromatic heterocycles. The predicted octanol–water partition coefficient (Wildman–Crippen LogP) is 3.41. The van der Waals surface area contributed by atoms with Crippen LogP contribution >= 0.6 is 0 Å². The molecule has 2 aromatic carbocycles. The van der Waals surface area contributed by atoms with Gasteiger partial charge in [-0.05, 0) is 36.4 Å². The summed E-state index contributed by atoms with van der Waals surface area (Å²) in [5.41, 5.74) is -1.46. The van der Waals surface area contributed by atoms with Crippen molar-refractivity contribution in [2.24, 2.45) is 0 Å². The number of halogens is 4. The Morgan fingerprint density at radius 3 is 2.27 bits per heavy atom. The van der Waals surface area contributed by atoms with Gasteiger partial charge >= 0.3 is 12.1 Å². The highest BCUT2D eigenvalue weighted by atomic mass is 19.4. The highest BCUT2D eigenvalue weighted by molar-refractivity contribution is 5.93. The van der Waals surface area contributed by atoms with E-state index >= 15 is 0 Å². The minimum absolute atomic E-state index is 0.215. The fraction of sp³-hybridized carbons (Fsp3) is 0.176. The van der Waals surface area contributed by atoms with Gasteiger partial charge in [0.15, 0.2) is 13.2 Å². The smallest absolute Gasteiger partial charge is 0.418 e. The van der Waals surface area contributed by atoms with Crippen LogP contribution in [0.4, 0.5) is 23.2 Å². The number of esters is 1. The Morgan fingerprint density at radius 2 is 1.62 bits per heavy atom. The quantitative estimate of drug-likeness (QED) is 0.624. The number of hydrogen-bond donors (Lipinski definition) is 1. The van der Waals surface area contributed by atoms with Crippen LogP contribution in [0.5, 0.6) is 5.75 Å². The number of nitrogens with one attached hydrogen (secondary N) is 1. The van der Waals surface area contributed by atoms with E-state index in [2.05, 4.69) is 4.74 Å². The van der Waals surface area contributed by atoms with E-state index in [1.165, 1.54) is 24.3 Å². The molecule has 0 saturated carbocycles. The average Bonchev–Trinajstić information content (AvgIpc) is 2.59. The highest BCUT2D eigenvalue weighted by Gasteiger charge is 2.33. The van der Waals surface area contributed by atoms with Crippen molar-refractivity contribution >= 4 is 17.6 Å². The standard InChI is InChI=1S/C17H13F4NO4/c18-11-5-7-12(8-6-11)25-10-16(24)26-9-15(23)22-14-4-2-1-3-13(14)17(19,20)21/h1-8H,9-10H2,(H,22,23). The summed E-state index contributed by atoms with van der Waals surface area (Å²) in [6, 6.07) is 9.27. The van der Waals surface area contributed by atoms with Crippen LogP contribution in [0.2, 0.25) is 0 Å². The van der Waals surface area contributed by atoms with Gasteiger partial charge in [-0.1, -0.05) is 12.1 Å². The molecule has 2 rings (SSSR count). The van der Waals surface area contributed by atoms with Crippen LogP contribution < -0.4 is 10.1 Å². The zero-order valence-corrected chi connectivity index (χ0v) is 13.2. The number of carbonyl (C=O) groups excluding carboxylic acids is 2. The van der Waals surface area contributed by atoms with Crippen molar-refractivity contribution in [3.63, 3.8) is 0 Å². The van der Waals surface area contributed by atoms with Gasteiger partial charge in [0, 0.05) is 0 Å². The topological polar surface area (TPSA) is 64.6 Å². The lowest BCUT2D eigenvalue weighted by molar-refractivity contribution is -0.149. The van der Waals surface area contributed by atoms with Gasteiger partial charge in [-0.2, -0.15) is 13.2 Å². The van der Waals surface area contributed by atoms with E-state index in [1.54, 1.807) is 0 Å². The van der Waals surface area contributed by atoms with Crippen LogP contribution in [0.15, 0.2) is 48.5 Å². The average molecular weight is 371 g/mol. The Morgan fingerprint density at radius 1 is 0.962 bits per heavy atom. The number of ether oxygens (including phenoxy) is 2. The second kappa shape index (κ2) is 8.32. The summed E-state index contributed by atoms with van der Waals surface area (Å²) in [6.07, 6.45) is -4.64. The van der Waals surface area contributed by atoms with Crippen LogP contribution in [0.3, 0.4) is 0 Å². The first-order valence-electron chi connectivity index (χ1n) is 7.26. The van der Waals surface area contributed by atoms with Crippen LogP contribution in [0.1, 0.15) is 5.56 Å². The number of benzene rings is 2. The minimum atomic E-state index is -4.64. The Bertz CT molecular complexity index is 775. The Kier molecular flexibility index (Phi) is 6.16. The summed E-state index contributed by atoms with van der Waals surface area (Å²) < 4.78 is 60.8. The second-order valence-corrected chi connectivity index (χ2v) is 4.99. The molecule has 0 unspecified atom stereocenters. The number of hydrogen-bond acceptors (Lipinski definition) is 4. The first kappa shape index (κ1) is 19.2. The molecular formula is C17H13F4NO4. The van der Waals surface area contributed by atoms with Crippen molar-refractivity contribution in [3.05, 3.63) is 59.9 Å². The van der Waals surface area contributed by atoms with Crippen LogP contribution in [-0.2, 0) is 20.5 Å². The molecule has 2 aromatic rings. The normalized spacial score (nSPS) is 10.9. The lowest BCUT2D eigenvalue weighted by atomic mass is 10.1. The minimum Gasteiger partial charge on any atom is -0.482 e. The number of para-hydroxylation sites is 1. The van der Waals surface area contributed by atoms with E-state index in [4.69, 9.17) is 4.74 Å². The van der Waals surface area contributed by atoms with Gasteiger partial charge in [-0.25, -0.2) is 9.18 Å². The maximum absolute atomic E-state index is 12.8. The molecule has 0 heterocycles. The summed E-state index contributed by atoms with van der Waals surface area (Å²) in [5.74, 6) is -2.10. The zero-order valence-electron chi connectivity index (χ0n) is 13.2. The number of alkyl halides is 3. The number of anilines is 1. The molecule has 0 radical (unpaired) electrons. The van der Waals surface area contributed by atoms with Crippen LogP contribution in [0.25, 0.3) is 0 Å². The molecule has 0 fully saturated rings. The Balaban J connectivity index is 1.82. The molecule has 0 saturated heterocycles. The molecule has 5 nitrogen and oxygen atoms in total. The second-order valence-electron chi connectivity index (χ2n) is 4.99. The molecule has 9 heteroatoms. The van der Waals surface area contributed by atoms with Crippen LogP contribution in [0, 0.1) is 5.82 Å². The summed E-state index contributed by atoms with van der Waals surface area (Å²) in [5, 5.41) is 2.03. The van der Waals surface area contributed by atoms with Gasteiger partial charge in [-0.3, -0.25) is 4.79 Å². The largest absolute Gasteiger partial charge is 0.482 e. The SMILES string of the molecule is O=C(COC(=O)COc1ccc(F)cc1)Nc1ccccc1C(F)(F)F. The van der Waals surface area contributed by atoms with Gasteiger partial charge in [0.1, 0.15) is 11.6 Å².